The third-order valence-corrected chi connectivity index (χ3v) is 3.47. The van der Waals surface area contributed by atoms with Crippen molar-refractivity contribution < 1.29 is 4.79 Å². The Morgan fingerprint density at radius 1 is 1.17 bits per heavy atom. The molecule has 0 saturated carbocycles. The quantitative estimate of drug-likeness (QED) is 0.657. The Balaban J connectivity index is 1.97. The van der Waals surface area contributed by atoms with E-state index in [9.17, 15) is 9.59 Å². The molecule has 2 aromatic rings. The molecule has 0 atom stereocenters. The maximum atomic E-state index is 11.9. The highest BCUT2D eigenvalue weighted by atomic mass is 16.2. The standard InChI is InChI=1S/C18H21N3O2/c1-3-6-15-8-10-16(11-9-15)14(2)19-20-17(22)13-21-12-5-4-7-18(21)23/h4-5,7-12H,3,6,13H2,1-2H3,(H,20,22)/b19-14-. The Kier molecular flexibility index (Phi) is 5.86. The molecule has 5 nitrogen and oxygen atoms in total. The van der Waals surface area contributed by atoms with Crippen LogP contribution < -0.4 is 11.0 Å². The minimum atomic E-state index is -0.333. The molecule has 2 rings (SSSR count). The first-order valence-corrected chi connectivity index (χ1v) is 7.68. The van der Waals surface area contributed by atoms with Gasteiger partial charge in [0.2, 0.25) is 0 Å². The van der Waals surface area contributed by atoms with Crippen molar-refractivity contribution in [1.29, 1.82) is 0 Å². The highest BCUT2D eigenvalue weighted by Gasteiger charge is 2.04. The fourth-order valence-electron chi connectivity index (χ4n) is 2.19. The van der Waals surface area contributed by atoms with Gasteiger partial charge in [0.1, 0.15) is 6.54 Å². The van der Waals surface area contributed by atoms with Gasteiger partial charge in [0.05, 0.1) is 5.71 Å². The lowest BCUT2D eigenvalue weighted by atomic mass is 10.1. The first-order chi connectivity index (χ1) is 11.1. The van der Waals surface area contributed by atoms with Gasteiger partial charge in [-0.1, -0.05) is 43.7 Å². The van der Waals surface area contributed by atoms with Crippen LogP contribution >= 0.6 is 0 Å². The molecule has 0 aliphatic rings. The second-order valence-electron chi connectivity index (χ2n) is 5.35. The van der Waals surface area contributed by atoms with Gasteiger partial charge in [-0.25, -0.2) is 5.43 Å². The van der Waals surface area contributed by atoms with Gasteiger partial charge in [-0.2, -0.15) is 5.10 Å². The summed E-state index contributed by atoms with van der Waals surface area (Å²) in [7, 11) is 0. The van der Waals surface area contributed by atoms with Crippen LogP contribution in [0.3, 0.4) is 0 Å². The van der Waals surface area contributed by atoms with Gasteiger partial charge in [-0.05, 0) is 30.5 Å². The van der Waals surface area contributed by atoms with E-state index < -0.39 is 0 Å². The largest absolute Gasteiger partial charge is 0.306 e. The number of pyridine rings is 1. The lowest BCUT2D eigenvalue weighted by Gasteiger charge is -2.06. The molecule has 0 radical (unpaired) electrons. The number of aromatic nitrogens is 1. The second kappa shape index (κ2) is 8.08. The Hall–Kier alpha value is -2.69. The molecule has 0 fully saturated rings. The van der Waals surface area contributed by atoms with Gasteiger partial charge in [0.15, 0.2) is 0 Å². The molecule has 0 saturated heterocycles. The van der Waals surface area contributed by atoms with Gasteiger partial charge < -0.3 is 4.57 Å². The summed E-state index contributed by atoms with van der Waals surface area (Å²) in [4.78, 5) is 23.4. The first kappa shape index (κ1) is 16.7. The zero-order chi connectivity index (χ0) is 16.7. The molecule has 1 N–H and O–H groups in total. The van der Waals surface area contributed by atoms with Gasteiger partial charge >= 0.3 is 0 Å². The Morgan fingerprint density at radius 3 is 2.57 bits per heavy atom. The van der Waals surface area contributed by atoms with E-state index in [1.807, 2.05) is 19.1 Å². The number of rotatable bonds is 6. The Bertz CT molecular complexity index is 745. The van der Waals surface area contributed by atoms with Crippen LogP contribution in [-0.4, -0.2) is 16.2 Å². The Labute approximate surface area is 135 Å². The number of carbonyl (C=O) groups excluding carboxylic acids is 1. The van der Waals surface area contributed by atoms with E-state index in [1.165, 1.54) is 16.2 Å². The predicted octanol–water partition coefficient (Wildman–Crippen LogP) is 2.34. The average molecular weight is 311 g/mol. The topological polar surface area (TPSA) is 63.5 Å². The molecule has 1 heterocycles. The van der Waals surface area contributed by atoms with Crippen LogP contribution in [0.25, 0.3) is 0 Å². The zero-order valence-corrected chi connectivity index (χ0v) is 13.5. The number of benzene rings is 1. The lowest BCUT2D eigenvalue weighted by molar-refractivity contribution is -0.121. The van der Waals surface area contributed by atoms with E-state index in [1.54, 1.807) is 18.3 Å². The Morgan fingerprint density at radius 2 is 1.91 bits per heavy atom. The maximum Gasteiger partial charge on any atom is 0.260 e. The van der Waals surface area contributed by atoms with Gasteiger partial charge in [0.25, 0.3) is 11.5 Å². The monoisotopic (exact) mass is 311 g/mol. The van der Waals surface area contributed by atoms with Gasteiger partial charge in [-0.3, -0.25) is 9.59 Å². The number of carbonyl (C=O) groups is 1. The van der Waals surface area contributed by atoms with E-state index in [4.69, 9.17) is 0 Å². The molecular formula is C18H21N3O2. The van der Waals surface area contributed by atoms with Crippen LogP contribution in [0.2, 0.25) is 0 Å². The van der Waals surface area contributed by atoms with Crippen molar-refractivity contribution >= 4 is 11.6 Å². The van der Waals surface area contributed by atoms with Crippen molar-refractivity contribution in [3.63, 3.8) is 0 Å². The minimum absolute atomic E-state index is 0.0497. The second-order valence-corrected chi connectivity index (χ2v) is 5.35. The fourth-order valence-corrected chi connectivity index (χ4v) is 2.19. The third kappa shape index (κ3) is 4.92. The highest BCUT2D eigenvalue weighted by Crippen LogP contribution is 2.07. The summed E-state index contributed by atoms with van der Waals surface area (Å²) in [5.41, 5.74) is 5.25. The number of aryl methyl sites for hydroxylation is 1. The van der Waals surface area contributed by atoms with Crippen molar-refractivity contribution in [2.24, 2.45) is 5.10 Å². The number of nitrogens with zero attached hydrogens (tertiary/aromatic N) is 2. The summed E-state index contributed by atoms with van der Waals surface area (Å²) < 4.78 is 1.33. The molecule has 0 aliphatic heterocycles. The molecule has 0 bridgehead atoms. The van der Waals surface area contributed by atoms with E-state index in [0.717, 1.165) is 24.1 Å². The van der Waals surface area contributed by atoms with Crippen LogP contribution in [-0.2, 0) is 17.8 Å². The molecule has 0 unspecified atom stereocenters. The van der Waals surface area contributed by atoms with Crippen molar-refractivity contribution in [1.82, 2.24) is 9.99 Å². The van der Waals surface area contributed by atoms with Crippen molar-refractivity contribution in [2.75, 3.05) is 0 Å². The number of hydrogen-bond donors (Lipinski definition) is 1. The van der Waals surface area contributed by atoms with Crippen LogP contribution in [0.4, 0.5) is 0 Å². The smallest absolute Gasteiger partial charge is 0.260 e. The minimum Gasteiger partial charge on any atom is -0.306 e. The molecule has 5 heteroatoms. The van der Waals surface area contributed by atoms with Crippen molar-refractivity contribution in [3.05, 3.63) is 70.1 Å². The molecule has 120 valence electrons. The van der Waals surface area contributed by atoms with Crippen LogP contribution in [0, 0.1) is 0 Å². The summed E-state index contributed by atoms with van der Waals surface area (Å²) in [5, 5.41) is 4.10. The SMILES string of the molecule is CCCc1ccc(/C(C)=N\NC(=O)Cn2ccccc2=O)cc1. The van der Waals surface area contributed by atoms with Gasteiger partial charge in [-0.15, -0.1) is 0 Å². The fraction of sp³-hybridized carbons (Fsp3) is 0.278. The van der Waals surface area contributed by atoms with E-state index in [2.05, 4.69) is 29.6 Å². The van der Waals surface area contributed by atoms with Crippen LogP contribution in [0.1, 0.15) is 31.4 Å². The number of hydrogen-bond acceptors (Lipinski definition) is 3. The van der Waals surface area contributed by atoms with Crippen molar-refractivity contribution in [2.45, 2.75) is 33.2 Å². The summed E-state index contributed by atoms with van der Waals surface area (Å²) >= 11 is 0. The molecule has 23 heavy (non-hydrogen) atoms. The van der Waals surface area contributed by atoms with E-state index in [0.29, 0.717) is 0 Å². The highest BCUT2D eigenvalue weighted by molar-refractivity contribution is 5.99. The summed E-state index contributed by atoms with van der Waals surface area (Å²) in [6, 6.07) is 12.9. The molecular weight excluding hydrogens is 290 g/mol. The van der Waals surface area contributed by atoms with Crippen LogP contribution in [0.15, 0.2) is 58.6 Å². The summed E-state index contributed by atoms with van der Waals surface area (Å²) in [6.07, 6.45) is 3.74. The molecule has 1 aromatic carbocycles. The predicted molar refractivity (Wildman–Crippen MR) is 91.5 cm³/mol. The van der Waals surface area contributed by atoms with E-state index >= 15 is 0 Å². The van der Waals surface area contributed by atoms with Crippen LogP contribution in [0.5, 0.6) is 0 Å². The maximum absolute atomic E-state index is 11.9. The number of nitrogens with one attached hydrogen (secondary N) is 1. The number of hydrazone groups is 1. The van der Waals surface area contributed by atoms with Gasteiger partial charge in [0, 0.05) is 12.3 Å². The first-order valence-electron chi connectivity index (χ1n) is 7.68. The normalized spacial score (nSPS) is 11.3. The zero-order valence-electron chi connectivity index (χ0n) is 13.5. The summed E-state index contributed by atoms with van der Waals surface area (Å²) in [6.45, 7) is 3.93. The lowest BCUT2D eigenvalue weighted by Crippen LogP contribution is -2.29. The third-order valence-electron chi connectivity index (χ3n) is 3.47. The molecule has 1 aromatic heterocycles. The summed E-state index contributed by atoms with van der Waals surface area (Å²) in [5.74, 6) is -0.333. The average Bonchev–Trinajstić information content (AvgIpc) is 2.56. The molecule has 0 aliphatic carbocycles. The molecule has 0 spiro atoms. The molecule has 1 amide bonds. The van der Waals surface area contributed by atoms with E-state index in [-0.39, 0.29) is 18.0 Å². The van der Waals surface area contributed by atoms with Crippen molar-refractivity contribution in [3.8, 4) is 0 Å². The number of amides is 1.